The Morgan fingerprint density at radius 1 is 1.05 bits per heavy atom. The van der Waals surface area contributed by atoms with E-state index in [0.717, 1.165) is 15.0 Å². The fraction of sp³-hybridized carbons (Fsp3) is 0. The molecule has 98 valence electrons. The second kappa shape index (κ2) is 3.91. The fourth-order valence-corrected chi connectivity index (χ4v) is 3.16. The van der Waals surface area contributed by atoms with Gasteiger partial charge in [-0.1, -0.05) is 18.2 Å². The predicted octanol–water partition coefficient (Wildman–Crippen LogP) is 1.82. The summed E-state index contributed by atoms with van der Waals surface area (Å²) < 4.78 is 1.14. The van der Waals surface area contributed by atoms with Gasteiger partial charge in [0.25, 0.3) is 5.56 Å². The number of hydrogen-bond donors (Lipinski definition) is 3. The first kappa shape index (κ1) is 11.2. The topological polar surface area (TPSA) is 94.4 Å². The van der Waals surface area contributed by atoms with Gasteiger partial charge in [0.15, 0.2) is 11.5 Å². The van der Waals surface area contributed by atoms with Crippen molar-refractivity contribution < 1.29 is 0 Å². The molecule has 0 unspecified atom stereocenters. The van der Waals surface area contributed by atoms with Crippen molar-refractivity contribution in [1.82, 2.24) is 19.9 Å². The van der Waals surface area contributed by atoms with Crippen LogP contribution in [0.25, 0.3) is 32.0 Å². The van der Waals surface area contributed by atoms with Crippen LogP contribution >= 0.6 is 11.3 Å². The van der Waals surface area contributed by atoms with E-state index in [2.05, 4.69) is 19.9 Å². The van der Waals surface area contributed by atoms with Gasteiger partial charge in [-0.05, 0) is 17.5 Å². The van der Waals surface area contributed by atoms with Gasteiger partial charge in [0, 0.05) is 4.70 Å². The molecule has 7 heteroatoms. The number of H-pyrrole nitrogens is 3. The van der Waals surface area contributed by atoms with Gasteiger partial charge < -0.3 is 4.98 Å². The Morgan fingerprint density at radius 3 is 2.75 bits per heavy atom. The maximum Gasteiger partial charge on any atom is 0.327 e. The van der Waals surface area contributed by atoms with E-state index in [9.17, 15) is 9.59 Å². The van der Waals surface area contributed by atoms with Crippen LogP contribution in [0.3, 0.4) is 0 Å². The molecular weight excluding hydrogens is 276 g/mol. The first-order valence-electron chi connectivity index (χ1n) is 5.92. The zero-order chi connectivity index (χ0) is 13.7. The van der Waals surface area contributed by atoms with Crippen LogP contribution in [-0.4, -0.2) is 19.9 Å². The second-order valence-electron chi connectivity index (χ2n) is 4.37. The molecular formula is C13H8N4O2S. The summed E-state index contributed by atoms with van der Waals surface area (Å²) in [7, 11) is 0. The average Bonchev–Trinajstić information content (AvgIpc) is 3.01. The third-order valence-electron chi connectivity index (χ3n) is 3.05. The van der Waals surface area contributed by atoms with Crippen LogP contribution in [0.2, 0.25) is 0 Å². The molecule has 0 aliphatic heterocycles. The summed E-state index contributed by atoms with van der Waals surface area (Å²) >= 11 is 1.58. The maximum atomic E-state index is 11.7. The van der Waals surface area contributed by atoms with Gasteiger partial charge in [-0.25, -0.2) is 9.78 Å². The van der Waals surface area contributed by atoms with Crippen molar-refractivity contribution in [3.05, 3.63) is 51.2 Å². The zero-order valence-corrected chi connectivity index (χ0v) is 10.9. The molecule has 0 saturated heterocycles. The van der Waals surface area contributed by atoms with Crippen molar-refractivity contribution in [2.24, 2.45) is 0 Å². The monoisotopic (exact) mass is 284 g/mol. The summed E-state index contributed by atoms with van der Waals surface area (Å²) in [5.41, 5.74) is -0.483. The number of imidazole rings is 1. The van der Waals surface area contributed by atoms with E-state index in [-0.39, 0.29) is 11.2 Å². The molecule has 0 aliphatic carbocycles. The lowest BCUT2D eigenvalue weighted by Gasteiger charge is -1.86. The van der Waals surface area contributed by atoms with E-state index in [4.69, 9.17) is 0 Å². The quantitative estimate of drug-likeness (QED) is 0.497. The Hall–Kier alpha value is -2.67. The van der Waals surface area contributed by atoms with Crippen LogP contribution in [0, 0.1) is 0 Å². The van der Waals surface area contributed by atoms with Gasteiger partial charge in [0.2, 0.25) is 0 Å². The van der Waals surface area contributed by atoms with Crippen molar-refractivity contribution in [2.45, 2.75) is 0 Å². The zero-order valence-electron chi connectivity index (χ0n) is 10.1. The molecule has 0 fully saturated rings. The Balaban J connectivity index is 2.00. The van der Waals surface area contributed by atoms with Crippen LogP contribution in [0.5, 0.6) is 0 Å². The van der Waals surface area contributed by atoms with E-state index >= 15 is 0 Å². The molecule has 3 heterocycles. The SMILES string of the molecule is O=c1[nH]c(=O)c2[nH]c(-c3cc4ccccc4s3)nc2[nH]1. The van der Waals surface area contributed by atoms with E-state index in [1.165, 1.54) is 0 Å². The highest BCUT2D eigenvalue weighted by Crippen LogP contribution is 2.31. The smallest absolute Gasteiger partial charge is 0.327 e. The fourth-order valence-electron chi connectivity index (χ4n) is 2.15. The molecule has 3 N–H and O–H groups in total. The highest BCUT2D eigenvalue weighted by molar-refractivity contribution is 7.22. The highest BCUT2D eigenvalue weighted by Gasteiger charge is 2.11. The molecule has 0 radical (unpaired) electrons. The summed E-state index contributed by atoms with van der Waals surface area (Å²) in [5.74, 6) is 0.577. The van der Waals surface area contributed by atoms with Crippen LogP contribution in [0.1, 0.15) is 0 Å². The third-order valence-corrected chi connectivity index (χ3v) is 4.17. The van der Waals surface area contributed by atoms with Crippen molar-refractivity contribution in [3.8, 4) is 10.7 Å². The van der Waals surface area contributed by atoms with E-state index in [0.29, 0.717) is 5.82 Å². The van der Waals surface area contributed by atoms with Crippen molar-refractivity contribution in [2.75, 3.05) is 0 Å². The molecule has 6 nitrogen and oxygen atoms in total. The van der Waals surface area contributed by atoms with Gasteiger partial charge in [-0.15, -0.1) is 11.3 Å². The Morgan fingerprint density at radius 2 is 1.90 bits per heavy atom. The molecule has 0 saturated carbocycles. The summed E-state index contributed by atoms with van der Waals surface area (Å²) in [6.45, 7) is 0. The number of nitrogens with zero attached hydrogens (tertiary/aromatic N) is 1. The molecule has 20 heavy (non-hydrogen) atoms. The number of rotatable bonds is 1. The number of nitrogens with one attached hydrogen (secondary N) is 3. The van der Waals surface area contributed by atoms with Crippen molar-refractivity contribution in [1.29, 1.82) is 0 Å². The molecule has 0 atom stereocenters. The number of aromatic nitrogens is 4. The Labute approximate surface area is 115 Å². The van der Waals surface area contributed by atoms with Crippen LogP contribution < -0.4 is 11.2 Å². The van der Waals surface area contributed by atoms with E-state index in [1.54, 1.807) is 11.3 Å². The second-order valence-corrected chi connectivity index (χ2v) is 5.45. The van der Waals surface area contributed by atoms with E-state index in [1.807, 2.05) is 30.3 Å². The Bertz CT molecular complexity index is 1020. The standard InChI is InChI=1S/C13H8N4O2S/c18-12-9-11(16-13(19)17-12)15-10(14-9)8-5-6-3-1-2-4-7(6)20-8/h1-5H,(H3,14,15,16,17,18,19). The van der Waals surface area contributed by atoms with Crippen molar-refractivity contribution in [3.63, 3.8) is 0 Å². The van der Waals surface area contributed by atoms with Gasteiger partial charge in [-0.2, -0.15) is 0 Å². The molecule has 4 rings (SSSR count). The minimum Gasteiger partial charge on any atom is -0.331 e. The number of benzene rings is 1. The predicted molar refractivity (Wildman–Crippen MR) is 78.2 cm³/mol. The van der Waals surface area contributed by atoms with Crippen LogP contribution in [0.15, 0.2) is 39.9 Å². The van der Waals surface area contributed by atoms with Gasteiger partial charge >= 0.3 is 5.69 Å². The molecule has 4 aromatic rings. The van der Waals surface area contributed by atoms with Crippen molar-refractivity contribution >= 4 is 32.6 Å². The lowest BCUT2D eigenvalue weighted by molar-refractivity contribution is 1.07. The summed E-state index contributed by atoms with van der Waals surface area (Å²) in [4.78, 5) is 35.7. The van der Waals surface area contributed by atoms with Gasteiger partial charge in [0.05, 0.1) is 4.88 Å². The number of fused-ring (bicyclic) bond motifs is 2. The average molecular weight is 284 g/mol. The first-order valence-corrected chi connectivity index (χ1v) is 6.73. The number of thiophene rings is 1. The summed E-state index contributed by atoms with van der Waals surface area (Å²) in [6, 6.07) is 10.0. The molecule has 0 bridgehead atoms. The van der Waals surface area contributed by atoms with Crippen LogP contribution in [-0.2, 0) is 0 Å². The first-order chi connectivity index (χ1) is 9.70. The summed E-state index contributed by atoms with van der Waals surface area (Å²) in [6.07, 6.45) is 0. The minimum absolute atomic E-state index is 0.270. The Kier molecular flexibility index (Phi) is 2.19. The molecule has 0 spiro atoms. The largest absolute Gasteiger partial charge is 0.331 e. The lowest BCUT2D eigenvalue weighted by atomic mass is 10.2. The lowest BCUT2D eigenvalue weighted by Crippen LogP contribution is -2.21. The number of aromatic amines is 3. The molecule has 3 aromatic heterocycles. The van der Waals surface area contributed by atoms with Gasteiger partial charge in [-0.3, -0.25) is 14.8 Å². The number of hydrogen-bond acceptors (Lipinski definition) is 4. The molecule has 0 aliphatic rings. The minimum atomic E-state index is -0.558. The van der Waals surface area contributed by atoms with E-state index < -0.39 is 11.2 Å². The summed E-state index contributed by atoms with van der Waals surface area (Å²) in [5, 5.41) is 1.12. The molecule has 0 amide bonds. The third kappa shape index (κ3) is 1.60. The molecule has 1 aromatic carbocycles. The van der Waals surface area contributed by atoms with Gasteiger partial charge in [0.1, 0.15) is 5.52 Å². The maximum absolute atomic E-state index is 11.7. The highest BCUT2D eigenvalue weighted by atomic mass is 32.1. The normalized spacial score (nSPS) is 11.4. The van der Waals surface area contributed by atoms with Crippen LogP contribution in [0.4, 0.5) is 0 Å².